The number of nitrogens with zero attached hydrogens (tertiary/aromatic N) is 1. The highest BCUT2D eigenvalue weighted by Gasteiger charge is 2.57. The SMILES string of the molecule is CN1CCC(C(N)C2(C(=O)O)CC2)C1. The Balaban J connectivity index is 2.01. The fourth-order valence-electron chi connectivity index (χ4n) is 2.54. The molecule has 0 aromatic rings. The summed E-state index contributed by atoms with van der Waals surface area (Å²) in [5.41, 5.74) is 5.50. The summed E-state index contributed by atoms with van der Waals surface area (Å²) in [7, 11) is 2.06. The van der Waals surface area contributed by atoms with Gasteiger partial charge in [-0.25, -0.2) is 0 Å². The second-order valence-electron chi connectivity index (χ2n) is 4.80. The molecule has 1 heterocycles. The van der Waals surface area contributed by atoms with Crippen molar-refractivity contribution in [3.05, 3.63) is 0 Å². The van der Waals surface area contributed by atoms with Crippen LogP contribution in [0.5, 0.6) is 0 Å². The molecule has 80 valence electrons. The Morgan fingerprint density at radius 1 is 1.64 bits per heavy atom. The van der Waals surface area contributed by atoms with E-state index in [9.17, 15) is 4.79 Å². The average molecular weight is 198 g/mol. The van der Waals surface area contributed by atoms with Gasteiger partial charge < -0.3 is 15.7 Å². The molecule has 0 amide bonds. The number of carboxylic acids is 1. The highest BCUT2D eigenvalue weighted by Crippen LogP contribution is 2.51. The number of nitrogens with two attached hydrogens (primary N) is 1. The molecule has 2 unspecified atom stereocenters. The van der Waals surface area contributed by atoms with E-state index in [4.69, 9.17) is 10.8 Å². The van der Waals surface area contributed by atoms with E-state index in [2.05, 4.69) is 11.9 Å². The Kier molecular flexibility index (Phi) is 2.27. The number of likely N-dealkylation sites (tertiary alicyclic amines) is 1. The van der Waals surface area contributed by atoms with Gasteiger partial charge in [0.2, 0.25) is 0 Å². The van der Waals surface area contributed by atoms with Gasteiger partial charge in [0.15, 0.2) is 0 Å². The van der Waals surface area contributed by atoms with Crippen LogP contribution < -0.4 is 5.73 Å². The number of carbonyl (C=O) groups is 1. The minimum atomic E-state index is -0.695. The van der Waals surface area contributed by atoms with E-state index in [1.165, 1.54) is 0 Å². The maximum absolute atomic E-state index is 11.1. The van der Waals surface area contributed by atoms with Crippen molar-refractivity contribution in [3.63, 3.8) is 0 Å². The van der Waals surface area contributed by atoms with Crippen molar-refractivity contribution in [1.82, 2.24) is 4.90 Å². The summed E-state index contributed by atoms with van der Waals surface area (Å²) < 4.78 is 0. The molecule has 2 aliphatic rings. The van der Waals surface area contributed by atoms with Gasteiger partial charge in [-0.3, -0.25) is 4.79 Å². The van der Waals surface area contributed by atoms with Crippen molar-refractivity contribution >= 4 is 5.97 Å². The van der Waals surface area contributed by atoms with Crippen molar-refractivity contribution in [2.75, 3.05) is 20.1 Å². The fraction of sp³-hybridized carbons (Fsp3) is 0.900. The third-order valence-corrected chi connectivity index (χ3v) is 3.79. The largest absolute Gasteiger partial charge is 0.481 e. The smallest absolute Gasteiger partial charge is 0.311 e. The highest BCUT2D eigenvalue weighted by atomic mass is 16.4. The van der Waals surface area contributed by atoms with Gasteiger partial charge in [0.1, 0.15) is 0 Å². The topological polar surface area (TPSA) is 66.6 Å². The standard InChI is InChI=1S/C10H18N2O2/c1-12-5-2-7(6-12)8(11)10(3-4-10)9(13)14/h7-8H,2-6,11H2,1H3,(H,13,14). The van der Waals surface area contributed by atoms with E-state index in [1.54, 1.807) is 0 Å². The minimum absolute atomic E-state index is 0.148. The van der Waals surface area contributed by atoms with Crippen molar-refractivity contribution in [2.45, 2.75) is 25.3 Å². The van der Waals surface area contributed by atoms with Gasteiger partial charge in [-0.1, -0.05) is 0 Å². The molecule has 0 spiro atoms. The zero-order chi connectivity index (χ0) is 10.3. The van der Waals surface area contributed by atoms with Gasteiger partial charge in [-0.15, -0.1) is 0 Å². The Morgan fingerprint density at radius 3 is 2.64 bits per heavy atom. The van der Waals surface area contributed by atoms with E-state index < -0.39 is 11.4 Å². The van der Waals surface area contributed by atoms with Gasteiger partial charge in [0.05, 0.1) is 5.41 Å². The molecule has 2 fully saturated rings. The summed E-state index contributed by atoms with van der Waals surface area (Å²) in [6.07, 6.45) is 2.58. The molecule has 3 N–H and O–H groups in total. The van der Waals surface area contributed by atoms with Crippen LogP contribution in [0.25, 0.3) is 0 Å². The first-order chi connectivity index (χ1) is 6.56. The summed E-state index contributed by atoms with van der Waals surface area (Å²) in [4.78, 5) is 13.3. The molecular weight excluding hydrogens is 180 g/mol. The zero-order valence-electron chi connectivity index (χ0n) is 8.57. The predicted octanol–water partition coefficient (Wildman–Crippen LogP) is 0.130. The first kappa shape index (κ1) is 9.93. The summed E-state index contributed by atoms with van der Waals surface area (Å²) in [6, 6.07) is -0.148. The van der Waals surface area contributed by atoms with Crippen LogP contribution in [-0.2, 0) is 4.79 Å². The second kappa shape index (κ2) is 3.21. The summed E-state index contributed by atoms with van der Waals surface area (Å²) in [5, 5.41) is 9.11. The van der Waals surface area contributed by atoms with E-state index in [-0.39, 0.29) is 6.04 Å². The Hall–Kier alpha value is -0.610. The molecule has 2 rings (SSSR count). The molecule has 0 bridgehead atoms. The van der Waals surface area contributed by atoms with Gasteiger partial charge in [0, 0.05) is 12.6 Å². The molecule has 0 aromatic heterocycles. The molecule has 4 nitrogen and oxygen atoms in total. The van der Waals surface area contributed by atoms with E-state index in [1.807, 2.05) is 0 Å². The van der Waals surface area contributed by atoms with E-state index in [0.717, 1.165) is 32.4 Å². The van der Waals surface area contributed by atoms with Gasteiger partial charge in [-0.05, 0) is 38.8 Å². The Morgan fingerprint density at radius 2 is 2.29 bits per heavy atom. The third-order valence-electron chi connectivity index (χ3n) is 3.79. The first-order valence-corrected chi connectivity index (χ1v) is 5.24. The van der Waals surface area contributed by atoms with Crippen LogP contribution in [0.15, 0.2) is 0 Å². The lowest BCUT2D eigenvalue weighted by Gasteiger charge is -2.25. The molecular formula is C10H18N2O2. The number of carboxylic acid groups (broad SMARTS) is 1. The Bertz CT molecular complexity index is 251. The number of rotatable bonds is 3. The van der Waals surface area contributed by atoms with Crippen molar-refractivity contribution in [3.8, 4) is 0 Å². The summed E-state index contributed by atoms with van der Waals surface area (Å²) >= 11 is 0. The monoisotopic (exact) mass is 198 g/mol. The first-order valence-electron chi connectivity index (χ1n) is 5.24. The van der Waals surface area contributed by atoms with Crippen LogP contribution in [-0.4, -0.2) is 42.2 Å². The zero-order valence-corrected chi connectivity index (χ0v) is 8.57. The lowest BCUT2D eigenvalue weighted by molar-refractivity contribution is -0.144. The normalized spacial score (nSPS) is 32.9. The van der Waals surface area contributed by atoms with E-state index >= 15 is 0 Å². The van der Waals surface area contributed by atoms with Crippen LogP contribution in [0.1, 0.15) is 19.3 Å². The molecule has 14 heavy (non-hydrogen) atoms. The highest BCUT2D eigenvalue weighted by molar-refractivity contribution is 5.78. The quantitative estimate of drug-likeness (QED) is 0.676. The van der Waals surface area contributed by atoms with Crippen molar-refractivity contribution in [1.29, 1.82) is 0 Å². The maximum Gasteiger partial charge on any atom is 0.311 e. The number of hydrogen-bond acceptors (Lipinski definition) is 3. The van der Waals surface area contributed by atoms with Gasteiger partial charge >= 0.3 is 5.97 Å². The van der Waals surface area contributed by atoms with Crippen LogP contribution in [0.2, 0.25) is 0 Å². The molecule has 1 saturated heterocycles. The molecule has 1 saturated carbocycles. The molecule has 1 aliphatic heterocycles. The van der Waals surface area contributed by atoms with Crippen LogP contribution in [0.3, 0.4) is 0 Å². The minimum Gasteiger partial charge on any atom is -0.481 e. The van der Waals surface area contributed by atoms with Gasteiger partial charge in [0.25, 0.3) is 0 Å². The average Bonchev–Trinajstić information content (AvgIpc) is 2.84. The summed E-state index contributed by atoms with van der Waals surface area (Å²) in [6.45, 7) is 2.00. The van der Waals surface area contributed by atoms with Gasteiger partial charge in [-0.2, -0.15) is 0 Å². The summed E-state index contributed by atoms with van der Waals surface area (Å²) in [5.74, 6) is -0.321. The van der Waals surface area contributed by atoms with Crippen LogP contribution in [0, 0.1) is 11.3 Å². The van der Waals surface area contributed by atoms with Crippen molar-refractivity contribution < 1.29 is 9.90 Å². The Labute approximate surface area is 84.1 Å². The van der Waals surface area contributed by atoms with Crippen molar-refractivity contribution in [2.24, 2.45) is 17.1 Å². The third kappa shape index (κ3) is 1.42. The second-order valence-corrected chi connectivity index (χ2v) is 4.80. The molecule has 2 atom stereocenters. The molecule has 0 aromatic carbocycles. The van der Waals surface area contributed by atoms with E-state index in [0.29, 0.717) is 5.92 Å². The molecule has 0 radical (unpaired) electrons. The fourth-order valence-corrected chi connectivity index (χ4v) is 2.54. The number of hydrogen-bond donors (Lipinski definition) is 2. The predicted molar refractivity (Wildman–Crippen MR) is 52.9 cm³/mol. The molecule has 4 heteroatoms. The number of aliphatic carboxylic acids is 1. The van der Waals surface area contributed by atoms with Crippen LogP contribution >= 0.6 is 0 Å². The maximum atomic E-state index is 11.1. The lowest BCUT2D eigenvalue weighted by Crippen LogP contribution is -2.44. The van der Waals surface area contributed by atoms with Crippen LogP contribution in [0.4, 0.5) is 0 Å². The lowest BCUT2D eigenvalue weighted by atomic mass is 9.85. The molecule has 1 aliphatic carbocycles.